The highest BCUT2D eigenvalue weighted by Crippen LogP contribution is 2.22. The van der Waals surface area contributed by atoms with Crippen LogP contribution in [0, 0.1) is 11.6 Å². The Morgan fingerprint density at radius 3 is 2.59 bits per heavy atom. The largest absolute Gasteiger partial charge is 0.377 e. The fourth-order valence-corrected chi connectivity index (χ4v) is 3.29. The summed E-state index contributed by atoms with van der Waals surface area (Å²) in [7, 11) is 0. The standard InChI is InChI=1S/C17H24F2N2O/c18-16-5-4-14(11-17(16)19)21-8-6-13(7-9-21)20-12-15-3-1-2-10-22-15/h4-5,11,13,15,20H,1-3,6-10,12H2. The first-order chi connectivity index (χ1) is 10.7. The van der Waals surface area contributed by atoms with Crippen molar-refractivity contribution in [1.82, 2.24) is 5.32 Å². The summed E-state index contributed by atoms with van der Waals surface area (Å²) < 4.78 is 32.0. The molecule has 1 atom stereocenters. The van der Waals surface area contributed by atoms with E-state index < -0.39 is 11.6 Å². The number of hydrogen-bond donors (Lipinski definition) is 1. The monoisotopic (exact) mass is 310 g/mol. The number of ether oxygens (including phenoxy) is 1. The summed E-state index contributed by atoms with van der Waals surface area (Å²) >= 11 is 0. The van der Waals surface area contributed by atoms with Crippen molar-refractivity contribution in [1.29, 1.82) is 0 Å². The fourth-order valence-electron chi connectivity index (χ4n) is 3.29. The molecule has 3 rings (SSSR count). The highest BCUT2D eigenvalue weighted by molar-refractivity contribution is 5.47. The maximum absolute atomic E-state index is 13.3. The highest BCUT2D eigenvalue weighted by atomic mass is 19.2. The van der Waals surface area contributed by atoms with Crippen molar-refractivity contribution in [2.24, 2.45) is 0 Å². The predicted octanol–water partition coefficient (Wildman–Crippen LogP) is 3.09. The van der Waals surface area contributed by atoms with Gasteiger partial charge in [-0.05, 0) is 44.2 Å². The number of nitrogens with zero attached hydrogens (tertiary/aromatic N) is 1. The molecule has 1 unspecified atom stereocenters. The summed E-state index contributed by atoms with van der Waals surface area (Å²) in [6.07, 6.45) is 6.00. The van der Waals surface area contributed by atoms with Gasteiger partial charge in [-0.1, -0.05) is 0 Å². The van der Waals surface area contributed by atoms with Crippen LogP contribution in [0.3, 0.4) is 0 Å². The lowest BCUT2D eigenvalue weighted by Crippen LogP contribution is -2.45. The van der Waals surface area contributed by atoms with Crippen LogP contribution in [0.25, 0.3) is 0 Å². The van der Waals surface area contributed by atoms with Crippen LogP contribution in [0.1, 0.15) is 32.1 Å². The van der Waals surface area contributed by atoms with Gasteiger partial charge in [0.25, 0.3) is 0 Å². The van der Waals surface area contributed by atoms with Crippen molar-refractivity contribution in [3.05, 3.63) is 29.8 Å². The van der Waals surface area contributed by atoms with Gasteiger partial charge < -0.3 is 15.0 Å². The van der Waals surface area contributed by atoms with Crippen LogP contribution in [0.5, 0.6) is 0 Å². The zero-order chi connectivity index (χ0) is 15.4. The summed E-state index contributed by atoms with van der Waals surface area (Å²) in [5.74, 6) is -1.56. The van der Waals surface area contributed by atoms with Gasteiger partial charge in [-0.15, -0.1) is 0 Å². The molecule has 0 aromatic heterocycles. The first-order valence-corrected chi connectivity index (χ1v) is 8.27. The van der Waals surface area contributed by atoms with Gasteiger partial charge in [0, 0.05) is 44.0 Å². The van der Waals surface area contributed by atoms with Crippen molar-refractivity contribution >= 4 is 5.69 Å². The molecule has 0 radical (unpaired) electrons. The van der Waals surface area contributed by atoms with Crippen molar-refractivity contribution in [2.75, 3.05) is 31.1 Å². The molecule has 0 amide bonds. The molecule has 2 aliphatic heterocycles. The SMILES string of the molecule is Fc1ccc(N2CCC(NCC3CCCCO3)CC2)cc1F. The average Bonchev–Trinajstić information content (AvgIpc) is 2.57. The second-order valence-electron chi connectivity index (χ2n) is 6.26. The molecule has 2 fully saturated rings. The van der Waals surface area contributed by atoms with E-state index in [9.17, 15) is 8.78 Å². The fraction of sp³-hybridized carbons (Fsp3) is 0.647. The first-order valence-electron chi connectivity index (χ1n) is 8.27. The van der Waals surface area contributed by atoms with Gasteiger partial charge >= 0.3 is 0 Å². The van der Waals surface area contributed by atoms with Crippen molar-refractivity contribution in [3.8, 4) is 0 Å². The molecule has 0 spiro atoms. The van der Waals surface area contributed by atoms with Crippen LogP contribution in [-0.4, -0.2) is 38.4 Å². The highest BCUT2D eigenvalue weighted by Gasteiger charge is 2.21. The van der Waals surface area contributed by atoms with Gasteiger partial charge in [0.1, 0.15) is 0 Å². The predicted molar refractivity (Wildman–Crippen MR) is 83.2 cm³/mol. The molecular weight excluding hydrogens is 286 g/mol. The summed E-state index contributed by atoms with van der Waals surface area (Å²) in [5.41, 5.74) is 0.771. The minimum Gasteiger partial charge on any atom is -0.377 e. The minimum atomic E-state index is -0.784. The van der Waals surface area contributed by atoms with Crippen LogP contribution in [0.15, 0.2) is 18.2 Å². The number of benzene rings is 1. The van der Waals surface area contributed by atoms with Gasteiger partial charge in [-0.2, -0.15) is 0 Å². The normalized spacial score (nSPS) is 23.7. The second-order valence-corrected chi connectivity index (χ2v) is 6.26. The molecule has 5 heteroatoms. The molecular formula is C17H24F2N2O. The van der Waals surface area contributed by atoms with Crippen LogP contribution < -0.4 is 10.2 Å². The van der Waals surface area contributed by atoms with Crippen LogP contribution >= 0.6 is 0 Å². The molecule has 2 saturated heterocycles. The molecule has 0 saturated carbocycles. The summed E-state index contributed by atoms with van der Waals surface area (Å²) in [5, 5.41) is 3.60. The van der Waals surface area contributed by atoms with E-state index in [2.05, 4.69) is 10.2 Å². The number of halogens is 2. The van der Waals surface area contributed by atoms with Gasteiger partial charge in [0.05, 0.1) is 6.10 Å². The minimum absolute atomic E-state index is 0.359. The molecule has 1 N–H and O–H groups in total. The summed E-state index contributed by atoms with van der Waals surface area (Å²) in [6.45, 7) is 3.55. The van der Waals surface area contributed by atoms with E-state index in [0.717, 1.165) is 51.2 Å². The lowest BCUT2D eigenvalue weighted by atomic mass is 10.0. The molecule has 3 nitrogen and oxygen atoms in total. The lowest BCUT2D eigenvalue weighted by molar-refractivity contribution is 0.0149. The second kappa shape index (κ2) is 7.38. The number of hydrogen-bond acceptors (Lipinski definition) is 3. The Morgan fingerprint density at radius 2 is 1.91 bits per heavy atom. The number of anilines is 1. The smallest absolute Gasteiger partial charge is 0.160 e. The van der Waals surface area contributed by atoms with Crippen molar-refractivity contribution in [2.45, 2.75) is 44.2 Å². The summed E-state index contributed by atoms with van der Waals surface area (Å²) in [4.78, 5) is 2.12. The van der Waals surface area contributed by atoms with E-state index in [1.165, 1.54) is 25.0 Å². The van der Waals surface area contributed by atoms with Gasteiger partial charge in [0.2, 0.25) is 0 Å². The van der Waals surface area contributed by atoms with E-state index in [1.54, 1.807) is 6.07 Å². The number of rotatable bonds is 4. The molecule has 0 bridgehead atoms. The number of piperidine rings is 1. The molecule has 22 heavy (non-hydrogen) atoms. The van der Waals surface area contributed by atoms with E-state index in [1.807, 2.05) is 0 Å². The van der Waals surface area contributed by atoms with Gasteiger partial charge in [-0.3, -0.25) is 0 Å². The van der Waals surface area contributed by atoms with E-state index in [4.69, 9.17) is 4.74 Å². The molecule has 2 aliphatic rings. The maximum atomic E-state index is 13.3. The third kappa shape index (κ3) is 3.96. The van der Waals surface area contributed by atoms with Gasteiger partial charge in [-0.25, -0.2) is 8.78 Å². The topological polar surface area (TPSA) is 24.5 Å². The molecule has 122 valence electrons. The van der Waals surface area contributed by atoms with Crippen LogP contribution in [0.4, 0.5) is 14.5 Å². The summed E-state index contributed by atoms with van der Waals surface area (Å²) in [6, 6.07) is 4.64. The molecule has 0 aliphatic carbocycles. The Bertz CT molecular complexity index is 484. The van der Waals surface area contributed by atoms with Crippen LogP contribution in [-0.2, 0) is 4.74 Å². The Kier molecular flexibility index (Phi) is 5.26. The third-order valence-corrected chi connectivity index (χ3v) is 4.67. The third-order valence-electron chi connectivity index (χ3n) is 4.67. The quantitative estimate of drug-likeness (QED) is 0.925. The van der Waals surface area contributed by atoms with E-state index in [-0.39, 0.29) is 0 Å². The Labute approximate surface area is 130 Å². The Hall–Kier alpha value is -1.20. The first kappa shape index (κ1) is 15.7. The molecule has 1 aromatic rings. The van der Waals surface area contributed by atoms with Gasteiger partial charge in [0.15, 0.2) is 11.6 Å². The lowest BCUT2D eigenvalue weighted by Gasteiger charge is -2.35. The molecule has 2 heterocycles. The van der Waals surface area contributed by atoms with Crippen molar-refractivity contribution in [3.63, 3.8) is 0 Å². The molecule has 1 aromatic carbocycles. The average molecular weight is 310 g/mol. The van der Waals surface area contributed by atoms with E-state index >= 15 is 0 Å². The zero-order valence-corrected chi connectivity index (χ0v) is 12.9. The number of nitrogens with one attached hydrogen (secondary N) is 1. The van der Waals surface area contributed by atoms with E-state index in [0.29, 0.717) is 12.1 Å². The maximum Gasteiger partial charge on any atom is 0.160 e. The van der Waals surface area contributed by atoms with Crippen molar-refractivity contribution < 1.29 is 13.5 Å². The zero-order valence-electron chi connectivity index (χ0n) is 12.9. The Morgan fingerprint density at radius 1 is 1.09 bits per heavy atom. The van der Waals surface area contributed by atoms with Crippen LogP contribution in [0.2, 0.25) is 0 Å². The Balaban J connectivity index is 1.44.